The van der Waals surface area contributed by atoms with Crippen molar-refractivity contribution in [1.29, 1.82) is 0 Å². The van der Waals surface area contributed by atoms with Gasteiger partial charge in [0, 0.05) is 16.7 Å². The lowest BCUT2D eigenvalue weighted by atomic mass is 10.2. The normalized spacial score (nSPS) is 10.1. The standard InChI is InChI=1S/C16H16BrClN2OS/c1-2-21-13-5-3-4-11(8-13)10-19-16(22)20-12-6-7-14(17)15(18)9-12/h3-9H,2,10H2,1H3,(H2,19,20,22). The molecule has 0 radical (unpaired) electrons. The van der Waals surface area contributed by atoms with E-state index in [9.17, 15) is 0 Å². The van der Waals surface area contributed by atoms with E-state index in [2.05, 4.69) is 26.6 Å². The van der Waals surface area contributed by atoms with E-state index in [0.29, 0.717) is 23.3 Å². The summed E-state index contributed by atoms with van der Waals surface area (Å²) in [5.41, 5.74) is 1.94. The van der Waals surface area contributed by atoms with Crippen molar-refractivity contribution in [3.8, 4) is 5.75 Å². The maximum Gasteiger partial charge on any atom is 0.171 e. The monoisotopic (exact) mass is 398 g/mol. The van der Waals surface area contributed by atoms with Crippen LogP contribution in [0.3, 0.4) is 0 Å². The van der Waals surface area contributed by atoms with E-state index in [-0.39, 0.29) is 0 Å². The van der Waals surface area contributed by atoms with Crippen LogP contribution in [0.4, 0.5) is 5.69 Å². The fraction of sp³-hybridized carbons (Fsp3) is 0.188. The third kappa shape index (κ3) is 5.16. The van der Waals surface area contributed by atoms with Crippen molar-refractivity contribution in [2.45, 2.75) is 13.5 Å². The van der Waals surface area contributed by atoms with Crippen molar-refractivity contribution < 1.29 is 4.74 Å². The molecule has 3 nitrogen and oxygen atoms in total. The van der Waals surface area contributed by atoms with Crippen LogP contribution in [0.5, 0.6) is 5.75 Å². The molecule has 0 amide bonds. The number of thiocarbonyl (C=S) groups is 1. The van der Waals surface area contributed by atoms with Crippen LogP contribution in [0, 0.1) is 0 Å². The minimum Gasteiger partial charge on any atom is -0.494 e. The Labute approximate surface area is 149 Å². The third-order valence-electron chi connectivity index (χ3n) is 2.84. The highest BCUT2D eigenvalue weighted by molar-refractivity contribution is 9.10. The van der Waals surface area contributed by atoms with Crippen molar-refractivity contribution >= 4 is 50.5 Å². The highest BCUT2D eigenvalue weighted by Gasteiger charge is 2.02. The quantitative estimate of drug-likeness (QED) is 0.694. The van der Waals surface area contributed by atoms with Crippen LogP contribution in [0.25, 0.3) is 0 Å². The first-order valence-corrected chi connectivity index (χ1v) is 8.38. The Morgan fingerprint density at radius 1 is 1.27 bits per heavy atom. The molecule has 0 saturated heterocycles. The summed E-state index contributed by atoms with van der Waals surface area (Å²) in [4.78, 5) is 0. The smallest absolute Gasteiger partial charge is 0.171 e. The number of rotatable bonds is 5. The number of anilines is 1. The number of hydrogen-bond donors (Lipinski definition) is 2. The molecule has 0 aliphatic rings. The molecule has 2 aromatic rings. The Balaban J connectivity index is 1.89. The minimum atomic E-state index is 0.542. The van der Waals surface area contributed by atoms with E-state index in [1.165, 1.54) is 0 Å². The topological polar surface area (TPSA) is 33.3 Å². The van der Waals surface area contributed by atoms with Crippen LogP contribution in [-0.2, 0) is 6.54 Å². The summed E-state index contributed by atoms with van der Waals surface area (Å²) in [6, 6.07) is 13.5. The molecule has 0 unspecified atom stereocenters. The van der Waals surface area contributed by atoms with Crippen molar-refractivity contribution in [3.63, 3.8) is 0 Å². The summed E-state index contributed by atoms with van der Waals surface area (Å²) in [6.45, 7) is 3.24. The Kier molecular flexibility index (Phi) is 6.49. The first kappa shape index (κ1) is 17.1. The first-order chi connectivity index (χ1) is 10.6. The second-order valence-electron chi connectivity index (χ2n) is 4.52. The summed E-state index contributed by atoms with van der Waals surface area (Å²) in [5.74, 6) is 0.861. The number of benzene rings is 2. The van der Waals surface area contributed by atoms with Crippen LogP contribution in [0.15, 0.2) is 46.9 Å². The Morgan fingerprint density at radius 3 is 2.82 bits per heavy atom. The molecule has 2 rings (SSSR count). The summed E-state index contributed by atoms with van der Waals surface area (Å²) < 4.78 is 6.33. The molecule has 0 spiro atoms. The predicted molar refractivity (Wildman–Crippen MR) is 99.8 cm³/mol. The fourth-order valence-electron chi connectivity index (χ4n) is 1.84. The van der Waals surface area contributed by atoms with Gasteiger partial charge in [0.25, 0.3) is 0 Å². The second kappa shape index (κ2) is 8.36. The molecule has 6 heteroatoms. The first-order valence-electron chi connectivity index (χ1n) is 6.80. The zero-order valence-electron chi connectivity index (χ0n) is 12.0. The SMILES string of the molecule is CCOc1cccc(CNC(=S)Nc2ccc(Br)c(Cl)c2)c1. The van der Waals surface area contributed by atoms with Gasteiger partial charge in [0.1, 0.15) is 5.75 Å². The van der Waals surface area contributed by atoms with Crippen LogP contribution in [0.2, 0.25) is 5.02 Å². The van der Waals surface area contributed by atoms with Gasteiger partial charge in [-0.25, -0.2) is 0 Å². The molecular weight excluding hydrogens is 384 g/mol. The van der Waals surface area contributed by atoms with Crippen LogP contribution in [0.1, 0.15) is 12.5 Å². The molecule has 0 heterocycles. The van der Waals surface area contributed by atoms with Crippen molar-refractivity contribution in [1.82, 2.24) is 5.32 Å². The molecule has 0 atom stereocenters. The second-order valence-corrected chi connectivity index (χ2v) is 6.19. The number of hydrogen-bond acceptors (Lipinski definition) is 2. The molecule has 22 heavy (non-hydrogen) atoms. The van der Waals surface area contributed by atoms with Gasteiger partial charge in [-0.2, -0.15) is 0 Å². The van der Waals surface area contributed by atoms with Crippen molar-refractivity contribution in [3.05, 3.63) is 57.5 Å². The zero-order chi connectivity index (χ0) is 15.9. The van der Waals surface area contributed by atoms with Crippen molar-refractivity contribution in [2.24, 2.45) is 0 Å². The van der Waals surface area contributed by atoms with Gasteiger partial charge in [0.05, 0.1) is 11.6 Å². The molecule has 0 bridgehead atoms. The van der Waals surface area contributed by atoms with Crippen LogP contribution < -0.4 is 15.4 Å². The van der Waals surface area contributed by atoms with E-state index in [4.69, 9.17) is 28.6 Å². The molecule has 0 aliphatic heterocycles. The zero-order valence-corrected chi connectivity index (χ0v) is 15.2. The highest BCUT2D eigenvalue weighted by atomic mass is 79.9. The van der Waals surface area contributed by atoms with E-state index < -0.39 is 0 Å². The average molecular weight is 400 g/mol. The molecular formula is C16H16BrClN2OS. The van der Waals surface area contributed by atoms with Gasteiger partial charge in [-0.05, 0) is 71.0 Å². The molecule has 0 saturated carbocycles. The molecule has 2 aromatic carbocycles. The number of ether oxygens (including phenoxy) is 1. The largest absolute Gasteiger partial charge is 0.494 e. The Morgan fingerprint density at radius 2 is 2.09 bits per heavy atom. The summed E-state index contributed by atoms with van der Waals surface area (Å²) in [7, 11) is 0. The summed E-state index contributed by atoms with van der Waals surface area (Å²) in [6.07, 6.45) is 0. The minimum absolute atomic E-state index is 0.542. The molecule has 0 aliphatic carbocycles. The molecule has 116 valence electrons. The van der Waals surface area contributed by atoms with Gasteiger partial charge in [-0.15, -0.1) is 0 Å². The van der Waals surface area contributed by atoms with Gasteiger partial charge in [-0.3, -0.25) is 0 Å². The lowest BCUT2D eigenvalue weighted by Gasteiger charge is -2.12. The van der Waals surface area contributed by atoms with Crippen molar-refractivity contribution in [2.75, 3.05) is 11.9 Å². The maximum absolute atomic E-state index is 6.05. The predicted octanol–water partition coefficient (Wildman–Crippen LogP) is 4.99. The number of halogens is 2. The summed E-state index contributed by atoms with van der Waals surface area (Å²) in [5, 5.41) is 7.44. The Hall–Kier alpha value is -1.30. The van der Waals surface area contributed by atoms with Gasteiger partial charge in [-0.1, -0.05) is 23.7 Å². The fourth-order valence-corrected chi connectivity index (χ4v) is 2.46. The van der Waals surface area contributed by atoms with Crippen LogP contribution >= 0.6 is 39.7 Å². The third-order valence-corrected chi connectivity index (χ3v) is 4.32. The molecule has 0 fully saturated rings. The van der Waals surface area contributed by atoms with E-state index in [1.54, 1.807) is 0 Å². The average Bonchev–Trinajstić information content (AvgIpc) is 2.50. The molecule has 0 aromatic heterocycles. The number of nitrogens with one attached hydrogen (secondary N) is 2. The van der Waals surface area contributed by atoms with Gasteiger partial charge in [0.15, 0.2) is 5.11 Å². The van der Waals surface area contributed by atoms with Gasteiger partial charge < -0.3 is 15.4 Å². The lowest BCUT2D eigenvalue weighted by Crippen LogP contribution is -2.27. The maximum atomic E-state index is 6.05. The lowest BCUT2D eigenvalue weighted by molar-refractivity contribution is 0.340. The van der Waals surface area contributed by atoms with E-state index >= 15 is 0 Å². The van der Waals surface area contributed by atoms with Crippen LogP contribution in [-0.4, -0.2) is 11.7 Å². The van der Waals surface area contributed by atoms with Gasteiger partial charge >= 0.3 is 0 Å². The summed E-state index contributed by atoms with van der Waals surface area (Å²) >= 11 is 14.7. The van der Waals surface area contributed by atoms with E-state index in [0.717, 1.165) is 21.5 Å². The van der Waals surface area contributed by atoms with E-state index in [1.807, 2.05) is 49.4 Å². The molecule has 2 N–H and O–H groups in total. The highest BCUT2D eigenvalue weighted by Crippen LogP contribution is 2.25. The Bertz CT molecular complexity index is 666. The van der Waals surface area contributed by atoms with Gasteiger partial charge in [0.2, 0.25) is 0 Å².